The van der Waals surface area contributed by atoms with Crippen molar-refractivity contribution in [2.45, 2.75) is 45.6 Å². The average Bonchev–Trinajstić information content (AvgIpc) is 3.18. The van der Waals surface area contributed by atoms with Crippen molar-refractivity contribution in [3.05, 3.63) is 40.5 Å². The van der Waals surface area contributed by atoms with Crippen molar-refractivity contribution in [1.82, 2.24) is 9.47 Å². The predicted molar refractivity (Wildman–Crippen MR) is 87.5 cm³/mol. The van der Waals surface area contributed by atoms with Crippen LogP contribution in [0.5, 0.6) is 0 Å². The molecule has 0 bridgehead atoms. The molecule has 4 heteroatoms. The molecule has 1 fully saturated rings. The van der Waals surface area contributed by atoms with E-state index < -0.39 is 0 Å². The molecule has 1 saturated carbocycles. The Hall–Kier alpha value is -1.55. The van der Waals surface area contributed by atoms with Gasteiger partial charge in [0.05, 0.1) is 5.56 Å². The highest BCUT2D eigenvalue weighted by Crippen LogP contribution is 2.29. The monoisotopic (exact) mass is 302 g/mol. The van der Waals surface area contributed by atoms with E-state index in [2.05, 4.69) is 30.5 Å². The van der Waals surface area contributed by atoms with Crippen molar-refractivity contribution < 1.29 is 4.79 Å². The first-order valence-corrected chi connectivity index (χ1v) is 8.47. The van der Waals surface area contributed by atoms with Gasteiger partial charge in [-0.05, 0) is 50.3 Å². The molecule has 1 amide bonds. The standard InChI is InChI=1S/C17H22N2OS/c1-12-8-9-13(2)19(12)17-15(10-11-21-17)16(20)18(3)14-6-4-5-7-14/h8-11,14H,4-7H2,1-3H3. The minimum atomic E-state index is 0.158. The Morgan fingerprint density at radius 2 is 1.81 bits per heavy atom. The third kappa shape index (κ3) is 2.53. The summed E-state index contributed by atoms with van der Waals surface area (Å²) in [6.45, 7) is 4.17. The Kier molecular flexibility index (Phi) is 3.89. The second kappa shape index (κ2) is 5.68. The van der Waals surface area contributed by atoms with Gasteiger partial charge in [0.2, 0.25) is 0 Å². The summed E-state index contributed by atoms with van der Waals surface area (Å²) < 4.78 is 2.18. The summed E-state index contributed by atoms with van der Waals surface area (Å²) in [5.74, 6) is 0.158. The van der Waals surface area contributed by atoms with Gasteiger partial charge in [-0.15, -0.1) is 11.3 Å². The molecule has 0 unspecified atom stereocenters. The van der Waals surface area contributed by atoms with E-state index in [0.717, 1.165) is 23.4 Å². The highest BCUT2D eigenvalue weighted by atomic mass is 32.1. The van der Waals surface area contributed by atoms with E-state index >= 15 is 0 Å². The molecule has 3 rings (SSSR count). The van der Waals surface area contributed by atoms with Gasteiger partial charge in [0, 0.05) is 24.5 Å². The molecule has 0 aromatic carbocycles. The predicted octanol–water partition coefficient (Wildman–Crippen LogP) is 4.17. The van der Waals surface area contributed by atoms with E-state index in [0.29, 0.717) is 6.04 Å². The fraction of sp³-hybridized carbons (Fsp3) is 0.471. The molecule has 2 heterocycles. The van der Waals surface area contributed by atoms with Crippen LogP contribution in [0, 0.1) is 13.8 Å². The van der Waals surface area contributed by atoms with Crippen LogP contribution in [-0.2, 0) is 0 Å². The second-order valence-corrected chi connectivity index (χ2v) is 6.84. The van der Waals surface area contributed by atoms with Crippen molar-refractivity contribution in [2.24, 2.45) is 0 Å². The molecule has 21 heavy (non-hydrogen) atoms. The molecule has 3 nitrogen and oxygen atoms in total. The van der Waals surface area contributed by atoms with E-state index in [1.807, 2.05) is 23.4 Å². The molecule has 0 aliphatic heterocycles. The fourth-order valence-corrected chi connectivity index (χ4v) is 4.28. The number of aromatic nitrogens is 1. The molecule has 0 atom stereocenters. The van der Waals surface area contributed by atoms with Crippen LogP contribution in [-0.4, -0.2) is 28.5 Å². The van der Waals surface area contributed by atoms with Gasteiger partial charge in [0.25, 0.3) is 5.91 Å². The van der Waals surface area contributed by atoms with Crippen LogP contribution in [0.15, 0.2) is 23.6 Å². The molecule has 2 aromatic rings. The summed E-state index contributed by atoms with van der Waals surface area (Å²) in [5, 5.41) is 3.06. The minimum Gasteiger partial charge on any atom is -0.339 e. The maximum absolute atomic E-state index is 12.9. The molecule has 0 saturated heterocycles. The fourth-order valence-electron chi connectivity index (χ4n) is 3.27. The van der Waals surface area contributed by atoms with E-state index in [1.54, 1.807) is 11.3 Å². The first-order chi connectivity index (χ1) is 10.1. The summed E-state index contributed by atoms with van der Waals surface area (Å²) >= 11 is 1.64. The zero-order chi connectivity index (χ0) is 15.0. The first-order valence-electron chi connectivity index (χ1n) is 7.59. The lowest BCUT2D eigenvalue weighted by Gasteiger charge is -2.24. The highest BCUT2D eigenvalue weighted by molar-refractivity contribution is 7.13. The van der Waals surface area contributed by atoms with Gasteiger partial charge in [-0.25, -0.2) is 0 Å². The lowest BCUT2D eigenvalue weighted by Crippen LogP contribution is -2.35. The van der Waals surface area contributed by atoms with Gasteiger partial charge in [-0.2, -0.15) is 0 Å². The normalized spacial score (nSPS) is 15.6. The molecule has 0 N–H and O–H groups in total. The Morgan fingerprint density at radius 1 is 1.19 bits per heavy atom. The lowest BCUT2D eigenvalue weighted by molar-refractivity contribution is 0.0736. The van der Waals surface area contributed by atoms with E-state index in [4.69, 9.17) is 0 Å². The smallest absolute Gasteiger partial charge is 0.256 e. The maximum atomic E-state index is 12.9. The largest absolute Gasteiger partial charge is 0.339 e. The van der Waals surface area contributed by atoms with Crippen LogP contribution >= 0.6 is 11.3 Å². The van der Waals surface area contributed by atoms with Gasteiger partial charge in [0.15, 0.2) is 0 Å². The van der Waals surface area contributed by atoms with Crippen LogP contribution in [0.2, 0.25) is 0 Å². The van der Waals surface area contributed by atoms with Crippen molar-refractivity contribution in [3.63, 3.8) is 0 Å². The lowest BCUT2D eigenvalue weighted by atomic mass is 10.2. The van der Waals surface area contributed by atoms with Crippen molar-refractivity contribution in [1.29, 1.82) is 0 Å². The molecule has 0 spiro atoms. The Bertz CT molecular complexity index is 630. The third-order valence-electron chi connectivity index (χ3n) is 4.54. The van der Waals surface area contributed by atoms with E-state index in [9.17, 15) is 4.79 Å². The van der Waals surface area contributed by atoms with Crippen LogP contribution < -0.4 is 0 Å². The molecule has 1 aliphatic carbocycles. The number of carbonyl (C=O) groups excluding carboxylic acids is 1. The number of amides is 1. The number of thiophene rings is 1. The summed E-state index contributed by atoms with van der Waals surface area (Å²) in [4.78, 5) is 14.8. The zero-order valence-corrected chi connectivity index (χ0v) is 13.7. The number of rotatable bonds is 3. The average molecular weight is 302 g/mol. The Labute approximate surface area is 130 Å². The maximum Gasteiger partial charge on any atom is 0.256 e. The number of aryl methyl sites for hydroxylation is 2. The van der Waals surface area contributed by atoms with Crippen LogP contribution in [0.25, 0.3) is 5.00 Å². The summed E-state index contributed by atoms with van der Waals surface area (Å²) in [5.41, 5.74) is 3.18. The van der Waals surface area contributed by atoms with E-state index in [1.165, 1.54) is 24.2 Å². The van der Waals surface area contributed by atoms with E-state index in [-0.39, 0.29) is 5.91 Å². The Balaban J connectivity index is 1.93. The number of hydrogen-bond donors (Lipinski definition) is 0. The first kappa shape index (κ1) is 14.4. The molecule has 112 valence electrons. The quantitative estimate of drug-likeness (QED) is 0.835. The van der Waals surface area contributed by atoms with Gasteiger partial charge in [-0.1, -0.05) is 12.8 Å². The zero-order valence-electron chi connectivity index (χ0n) is 12.9. The van der Waals surface area contributed by atoms with Crippen molar-refractivity contribution >= 4 is 17.2 Å². The second-order valence-electron chi connectivity index (χ2n) is 5.95. The van der Waals surface area contributed by atoms with Crippen molar-refractivity contribution in [2.75, 3.05) is 7.05 Å². The number of nitrogens with zero attached hydrogens (tertiary/aromatic N) is 2. The molecular formula is C17H22N2OS. The van der Waals surface area contributed by atoms with Crippen LogP contribution in [0.3, 0.4) is 0 Å². The highest BCUT2D eigenvalue weighted by Gasteiger charge is 2.26. The van der Waals surface area contributed by atoms with Gasteiger partial charge >= 0.3 is 0 Å². The topological polar surface area (TPSA) is 25.2 Å². The van der Waals surface area contributed by atoms with Crippen LogP contribution in [0.1, 0.15) is 47.4 Å². The molecule has 0 radical (unpaired) electrons. The summed E-state index contributed by atoms with van der Waals surface area (Å²) in [6, 6.07) is 6.58. The summed E-state index contributed by atoms with van der Waals surface area (Å²) in [7, 11) is 1.95. The minimum absolute atomic E-state index is 0.158. The van der Waals surface area contributed by atoms with Crippen molar-refractivity contribution in [3.8, 4) is 5.00 Å². The third-order valence-corrected chi connectivity index (χ3v) is 5.44. The number of hydrogen-bond acceptors (Lipinski definition) is 2. The molecular weight excluding hydrogens is 280 g/mol. The van der Waals surface area contributed by atoms with Gasteiger partial charge in [0.1, 0.15) is 5.00 Å². The molecule has 2 aromatic heterocycles. The Morgan fingerprint density at radius 3 is 2.43 bits per heavy atom. The van der Waals surface area contributed by atoms with Gasteiger partial charge < -0.3 is 9.47 Å². The van der Waals surface area contributed by atoms with Crippen LogP contribution in [0.4, 0.5) is 0 Å². The number of carbonyl (C=O) groups is 1. The SMILES string of the molecule is Cc1ccc(C)n1-c1sccc1C(=O)N(C)C1CCCC1. The van der Waals surface area contributed by atoms with Gasteiger partial charge in [-0.3, -0.25) is 4.79 Å². The summed E-state index contributed by atoms with van der Waals surface area (Å²) in [6.07, 6.45) is 4.77. The molecule has 1 aliphatic rings.